The molecule has 32 heavy (non-hydrogen) atoms. The summed E-state index contributed by atoms with van der Waals surface area (Å²) in [5, 5.41) is 0. The average Bonchev–Trinajstić information content (AvgIpc) is 3.10. The lowest BCUT2D eigenvalue weighted by molar-refractivity contribution is -0.135. The molecule has 0 bridgehead atoms. The van der Waals surface area contributed by atoms with E-state index >= 15 is 0 Å². The maximum Gasteiger partial charge on any atom is 0.225 e. The van der Waals surface area contributed by atoms with Gasteiger partial charge in [0.25, 0.3) is 0 Å². The fraction of sp³-hybridized carbons (Fsp3) is 0.444. The summed E-state index contributed by atoms with van der Waals surface area (Å²) in [7, 11) is 0. The van der Waals surface area contributed by atoms with E-state index in [0.29, 0.717) is 5.91 Å². The molecule has 1 aromatic heterocycles. The number of unbranched alkanes of at least 4 members (excludes halogenated alkanes) is 1. The number of aromatic nitrogens is 2. The number of fused-ring (bicyclic) bond motifs is 1. The minimum Gasteiger partial charge on any atom is -0.353 e. The molecule has 1 aliphatic heterocycles. The minimum absolute atomic E-state index is 0.154. The lowest BCUT2D eigenvalue weighted by Crippen LogP contribution is -2.39. The first kappa shape index (κ1) is 22.3. The zero-order valence-corrected chi connectivity index (χ0v) is 19.3. The number of hydrogen-bond donors (Lipinski definition) is 0. The number of carbonyl (C=O) groups excluding carboxylic acids is 1. The molecule has 1 aliphatic rings. The molecule has 1 atom stereocenters. The molecule has 4 rings (SSSR count). The fourth-order valence-electron chi connectivity index (χ4n) is 4.56. The summed E-state index contributed by atoms with van der Waals surface area (Å²) in [5.41, 5.74) is 3.80. The van der Waals surface area contributed by atoms with Crippen LogP contribution in [-0.4, -0.2) is 47.0 Å². The second-order valence-electron chi connectivity index (χ2n) is 8.66. The summed E-state index contributed by atoms with van der Waals surface area (Å²) in [5.74, 6) is 1.40. The molecule has 2 heterocycles. The van der Waals surface area contributed by atoms with Gasteiger partial charge in [-0.3, -0.25) is 4.79 Å². The van der Waals surface area contributed by atoms with Gasteiger partial charge in [0.15, 0.2) is 5.82 Å². The molecule has 0 N–H and O–H groups in total. The summed E-state index contributed by atoms with van der Waals surface area (Å²) in [4.78, 5) is 27.6. The second-order valence-corrected chi connectivity index (χ2v) is 8.66. The molecule has 0 unspecified atom stereocenters. The predicted molar refractivity (Wildman–Crippen MR) is 132 cm³/mol. The third kappa shape index (κ3) is 4.93. The molecule has 0 saturated carbocycles. The number of rotatable bonds is 7. The Morgan fingerprint density at radius 2 is 1.62 bits per heavy atom. The van der Waals surface area contributed by atoms with Gasteiger partial charge in [-0.05, 0) is 31.4 Å². The first-order valence-corrected chi connectivity index (χ1v) is 12.1. The maximum atomic E-state index is 13.2. The van der Waals surface area contributed by atoms with Crippen LogP contribution in [0.2, 0.25) is 0 Å². The maximum absolute atomic E-state index is 13.2. The van der Waals surface area contributed by atoms with Gasteiger partial charge in [0.05, 0.1) is 11.0 Å². The molecular formula is C27H34N4O. The summed E-state index contributed by atoms with van der Waals surface area (Å²) in [6.45, 7) is 7.55. The van der Waals surface area contributed by atoms with Crippen molar-refractivity contribution in [3.8, 4) is 11.3 Å². The molecule has 1 fully saturated rings. The van der Waals surface area contributed by atoms with Crippen LogP contribution in [0.25, 0.3) is 22.3 Å². The first-order chi connectivity index (χ1) is 15.7. The zero-order chi connectivity index (χ0) is 22.3. The van der Waals surface area contributed by atoms with Gasteiger partial charge >= 0.3 is 0 Å². The van der Waals surface area contributed by atoms with Crippen LogP contribution in [0.3, 0.4) is 0 Å². The summed E-state index contributed by atoms with van der Waals surface area (Å²) in [6.07, 6.45) is 5.13. The van der Waals surface area contributed by atoms with E-state index in [-0.39, 0.29) is 5.92 Å². The molecule has 3 aromatic rings. The average molecular weight is 431 g/mol. The molecule has 0 aliphatic carbocycles. The number of hydrogen-bond acceptors (Lipinski definition) is 4. The topological polar surface area (TPSA) is 49.3 Å². The third-order valence-electron chi connectivity index (χ3n) is 6.45. The molecular weight excluding hydrogens is 396 g/mol. The molecule has 5 heteroatoms. The van der Waals surface area contributed by atoms with Gasteiger partial charge < -0.3 is 9.80 Å². The highest BCUT2D eigenvalue weighted by Gasteiger charge is 2.26. The van der Waals surface area contributed by atoms with E-state index in [9.17, 15) is 4.79 Å². The number of benzene rings is 2. The Labute approximate surface area is 191 Å². The van der Waals surface area contributed by atoms with Crippen LogP contribution < -0.4 is 4.90 Å². The summed E-state index contributed by atoms with van der Waals surface area (Å²) in [6, 6.07) is 18.3. The Morgan fingerprint density at radius 1 is 0.906 bits per heavy atom. The van der Waals surface area contributed by atoms with E-state index in [2.05, 4.69) is 35.8 Å². The Kier molecular flexibility index (Phi) is 7.35. The third-order valence-corrected chi connectivity index (χ3v) is 6.45. The van der Waals surface area contributed by atoms with E-state index in [0.717, 1.165) is 86.4 Å². The predicted octanol–water partition coefficient (Wildman–Crippen LogP) is 5.55. The SMILES string of the molecule is CCCC[C@H](CC)C(=O)N1CCCN(c2nc3ccccc3nc2-c2ccccc2)CC1. The van der Waals surface area contributed by atoms with Crippen LogP contribution in [0.5, 0.6) is 0 Å². The number of anilines is 1. The zero-order valence-electron chi connectivity index (χ0n) is 19.3. The highest BCUT2D eigenvalue weighted by atomic mass is 16.2. The molecule has 0 spiro atoms. The van der Waals surface area contributed by atoms with Crippen molar-refractivity contribution in [3.63, 3.8) is 0 Å². The molecule has 1 amide bonds. The van der Waals surface area contributed by atoms with Gasteiger partial charge in [-0.1, -0.05) is 69.2 Å². The van der Waals surface area contributed by atoms with Crippen LogP contribution in [0, 0.1) is 5.92 Å². The Bertz CT molecular complexity index is 1040. The lowest BCUT2D eigenvalue weighted by atomic mass is 9.97. The van der Waals surface area contributed by atoms with Crippen molar-refractivity contribution in [2.75, 3.05) is 31.1 Å². The van der Waals surface area contributed by atoms with Gasteiger partial charge in [0.2, 0.25) is 5.91 Å². The van der Waals surface area contributed by atoms with Gasteiger partial charge in [-0.15, -0.1) is 0 Å². The number of nitrogens with zero attached hydrogens (tertiary/aromatic N) is 4. The molecule has 5 nitrogen and oxygen atoms in total. The van der Waals surface area contributed by atoms with E-state index in [4.69, 9.17) is 9.97 Å². The standard InChI is InChI=1S/C27H34N4O/c1-3-5-12-21(4-2)27(32)31-18-11-17-30(19-20-31)26-25(22-13-7-6-8-14-22)28-23-15-9-10-16-24(23)29-26/h6-10,13-16,21H,3-5,11-12,17-20H2,1-2H3/t21-/m0/s1. The van der Waals surface area contributed by atoms with Crippen molar-refractivity contribution >= 4 is 22.8 Å². The van der Waals surface area contributed by atoms with Crippen LogP contribution in [-0.2, 0) is 4.79 Å². The van der Waals surface area contributed by atoms with Gasteiger partial charge in [0.1, 0.15) is 5.69 Å². The fourth-order valence-corrected chi connectivity index (χ4v) is 4.56. The van der Waals surface area contributed by atoms with Crippen LogP contribution >= 0.6 is 0 Å². The first-order valence-electron chi connectivity index (χ1n) is 12.1. The smallest absolute Gasteiger partial charge is 0.225 e. The van der Waals surface area contributed by atoms with Crippen molar-refractivity contribution in [1.82, 2.24) is 14.9 Å². The van der Waals surface area contributed by atoms with Crippen molar-refractivity contribution in [1.29, 1.82) is 0 Å². The van der Waals surface area contributed by atoms with Crippen LogP contribution in [0.1, 0.15) is 46.0 Å². The van der Waals surface area contributed by atoms with Crippen molar-refractivity contribution in [2.24, 2.45) is 5.92 Å². The highest BCUT2D eigenvalue weighted by Crippen LogP contribution is 2.30. The number of carbonyl (C=O) groups is 1. The lowest BCUT2D eigenvalue weighted by Gasteiger charge is -2.27. The molecule has 0 radical (unpaired) electrons. The second kappa shape index (κ2) is 10.6. The Morgan fingerprint density at radius 3 is 2.34 bits per heavy atom. The van der Waals surface area contributed by atoms with Crippen molar-refractivity contribution in [3.05, 3.63) is 54.6 Å². The number of para-hydroxylation sites is 2. The Hall–Kier alpha value is -2.95. The summed E-state index contributed by atoms with van der Waals surface area (Å²) < 4.78 is 0. The highest BCUT2D eigenvalue weighted by molar-refractivity contribution is 5.83. The molecule has 1 saturated heterocycles. The number of amides is 1. The van der Waals surface area contributed by atoms with Gasteiger partial charge in [0, 0.05) is 37.7 Å². The van der Waals surface area contributed by atoms with E-state index < -0.39 is 0 Å². The van der Waals surface area contributed by atoms with E-state index in [1.165, 1.54) is 0 Å². The van der Waals surface area contributed by atoms with Crippen molar-refractivity contribution in [2.45, 2.75) is 46.0 Å². The monoisotopic (exact) mass is 430 g/mol. The quantitative estimate of drug-likeness (QED) is 0.493. The Balaban J connectivity index is 1.60. The van der Waals surface area contributed by atoms with E-state index in [1.807, 2.05) is 42.5 Å². The largest absolute Gasteiger partial charge is 0.353 e. The van der Waals surface area contributed by atoms with Gasteiger partial charge in [-0.2, -0.15) is 0 Å². The molecule has 168 valence electrons. The van der Waals surface area contributed by atoms with Gasteiger partial charge in [-0.25, -0.2) is 9.97 Å². The van der Waals surface area contributed by atoms with Crippen LogP contribution in [0.15, 0.2) is 54.6 Å². The minimum atomic E-state index is 0.154. The van der Waals surface area contributed by atoms with E-state index in [1.54, 1.807) is 0 Å². The summed E-state index contributed by atoms with van der Waals surface area (Å²) >= 11 is 0. The normalized spacial score (nSPS) is 15.6. The molecule has 2 aromatic carbocycles. The van der Waals surface area contributed by atoms with Crippen LogP contribution in [0.4, 0.5) is 5.82 Å². The van der Waals surface area contributed by atoms with Crippen molar-refractivity contribution < 1.29 is 4.79 Å².